The topological polar surface area (TPSA) is 81.6 Å². The molecule has 4 N–H and O–H groups in total. The molecule has 1 amide bonds. The molecule has 5 heteroatoms. The van der Waals surface area contributed by atoms with E-state index in [0.29, 0.717) is 0 Å². The first-order valence-electron chi connectivity index (χ1n) is 7.95. The highest BCUT2D eigenvalue weighted by molar-refractivity contribution is 5.79. The Kier molecular flexibility index (Phi) is 5.94. The number of rotatable bonds is 6. The van der Waals surface area contributed by atoms with Gasteiger partial charge >= 0.3 is 0 Å². The summed E-state index contributed by atoms with van der Waals surface area (Å²) in [5, 5.41) is 26.6. The third kappa shape index (κ3) is 4.06. The molecule has 1 aliphatic rings. The molecule has 1 saturated heterocycles. The lowest BCUT2D eigenvalue weighted by Crippen LogP contribution is -2.48. The summed E-state index contributed by atoms with van der Waals surface area (Å²) in [6, 6.07) is 8.81. The average Bonchev–Trinajstić information content (AvgIpc) is 3.07. The van der Waals surface area contributed by atoms with Crippen LogP contribution in [0.3, 0.4) is 0 Å². The van der Waals surface area contributed by atoms with Gasteiger partial charge < -0.3 is 20.8 Å². The highest BCUT2D eigenvalue weighted by atomic mass is 16.3. The zero-order valence-electron chi connectivity index (χ0n) is 13.2. The molecular weight excluding hydrogens is 280 g/mol. The summed E-state index contributed by atoms with van der Waals surface area (Å²) in [5.74, 6) is -0.746. The van der Waals surface area contributed by atoms with Gasteiger partial charge in [0.15, 0.2) is 0 Å². The Bertz CT molecular complexity index is 474. The van der Waals surface area contributed by atoms with Crippen molar-refractivity contribution in [1.29, 1.82) is 0 Å². The van der Waals surface area contributed by atoms with E-state index in [1.54, 1.807) is 13.8 Å². The molecular formula is C17H26N2O3. The van der Waals surface area contributed by atoms with Crippen molar-refractivity contribution in [2.24, 2.45) is 5.92 Å². The molecule has 0 aliphatic carbocycles. The summed E-state index contributed by atoms with van der Waals surface area (Å²) in [7, 11) is 0. The van der Waals surface area contributed by atoms with Gasteiger partial charge in [-0.1, -0.05) is 37.3 Å². The molecule has 1 aromatic rings. The van der Waals surface area contributed by atoms with Gasteiger partial charge in [-0.15, -0.1) is 0 Å². The Morgan fingerprint density at radius 2 is 1.95 bits per heavy atom. The van der Waals surface area contributed by atoms with Gasteiger partial charge in [0.05, 0.1) is 24.2 Å². The molecule has 1 fully saturated rings. The lowest BCUT2D eigenvalue weighted by atomic mass is 9.95. The first kappa shape index (κ1) is 16.9. The highest BCUT2D eigenvalue weighted by Crippen LogP contribution is 2.19. The quantitative estimate of drug-likeness (QED) is 0.631. The van der Waals surface area contributed by atoms with Crippen molar-refractivity contribution in [3.63, 3.8) is 0 Å². The van der Waals surface area contributed by atoms with Crippen LogP contribution >= 0.6 is 0 Å². The zero-order chi connectivity index (χ0) is 16.1. The molecule has 2 rings (SSSR count). The minimum atomic E-state index is -0.765. The summed E-state index contributed by atoms with van der Waals surface area (Å²) < 4.78 is 0. The standard InChI is InChI=1S/C17H26N2O3/c1-11(15(20)14-9-6-10-18-14)17(22)19-12(2)16(21)13-7-4-3-5-8-13/h3-5,7-8,11-12,14-16,18,20-21H,6,9-10H2,1-2H3,(H,19,22). The van der Waals surface area contributed by atoms with Crippen LogP contribution in [-0.4, -0.2) is 40.9 Å². The number of hydrogen-bond donors (Lipinski definition) is 4. The third-order valence-electron chi connectivity index (χ3n) is 4.42. The van der Waals surface area contributed by atoms with Crippen LogP contribution < -0.4 is 10.6 Å². The van der Waals surface area contributed by atoms with Gasteiger partial charge in [-0.3, -0.25) is 4.79 Å². The minimum Gasteiger partial charge on any atom is -0.391 e. The van der Waals surface area contributed by atoms with Gasteiger partial charge in [0, 0.05) is 6.04 Å². The fourth-order valence-electron chi connectivity index (χ4n) is 2.88. The third-order valence-corrected chi connectivity index (χ3v) is 4.42. The van der Waals surface area contributed by atoms with Crippen molar-refractivity contribution in [3.05, 3.63) is 35.9 Å². The summed E-state index contributed by atoms with van der Waals surface area (Å²) in [6.07, 6.45) is 0.447. The Labute approximate surface area is 131 Å². The molecule has 0 bridgehead atoms. The van der Waals surface area contributed by atoms with Crippen molar-refractivity contribution >= 4 is 5.91 Å². The van der Waals surface area contributed by atoms with Crippen LogP contribution in [0.2, 0.25) is 0 Å². The monoisotopic (exact) mass is 306 g/mol. The van der Waals surface area contributed by atoms with E-state index in [0.717, 1.165) is 24.9 Å². The first-order valence-corrected chi connectivity index (χ1v) is 7.95. The molecule has 0 saturated carbocycles. The van der Waals surface area contributed by atoms with Crippen LogP contribution in [0.5, 0.6) is 0 Å². The second kappa shape index (κ2) is 7.72. The number of aliphatic hydroxyl groups is 2. The van der Waals surface area contributed by atoms with E-state index in [1.165, 1.54) is 0 Å². The molecule has 5 unspecified atom stereocenters. The van der Waals surface area contributed by atoms with Crippen molar-refractivity contribution in [2.75, 3.05) is 6.54 Å². The number of hydrogen-bond acceptors (Lipinski definition) is 4. The van der Waals surface area contributed by atoms with E-state index in [1.807, 2.05) is 30.3 Å². The smallest absolute Gasteiger partial charge is 0.225 e. The van der Waals surface area contributed by atoms with E-state index in [2.05, 4.69) is 10.6 Å². The predicted octanol–water partition coefficient (Wildman–Crippen LogP) is 0.974. The van der Waals surface area contributed by atoms with Crippen molar-refractivity contribution in [3.8, 4) is 0 Å². The zero-order valence-corrected chi connectivity index (χ0v) is 13.2. The molecule has 1 aromatic carbocycles. The maximum atomic E-state index is 12.3. The molecule has 1 heterocycles. The number of carbonyl (C=O) groups is 1. The van der Waals surface area contributed by atoms with Crippen molar-refractivity contribution in [1.82, 2.24) is 10.6 Å². The molecule has 5 atom stereocenters. The van der Waals surface area contributed by atoms with Gasteiger partial charge in [-0.05, 0) is 31.9 Å². The normalized spacial score (nSPS) is 23.5. The number of aliphatic hydroxyl groups excluding tert-OH is 2. The second-order valence-corrected chi connectivity index (χ2v) is 6.13. The van der Waals surface area contributed by atoms with E-state index >= 15 is 0 Å². The maximum absolute atomic E-state index is 12.3. The van der Waals surface area contributed by atoms with Crippen LogP contribution in [0, 0.1) is 5.92 Å². The van der Waals surface area contributed by atoms with Crippen LogP contribution in [0.4, 0.5) is 0 Å². The Balaban J connectivity index is 1.90. The lowest BCUT2D eigenvalue weighted by Gasteiger charge is -2.27. The molecule has 0 radical (unpaired) electrons. The lowest BCUT2D eigenvalue weighted by molar-refractivity contribution is -0.129. The second-order valence-electron chi connectivity index (χ2n) is 6.13. The minimum absolute atomic E-state index is 0.0184. The van der Waals surface area contributed by atoms with Crippen LogP contribution in [-0.2, 0) is 4.79 Å². The summed E-state index contributed by atoms with van der Waals surface area (Å²) in [5.41, 5.74) is 0.765. The molecule has 122 valence electrons. The Morgan fingerprint density at radius 3 is 2.55 bits per heavy atom. The molecule has 1 aliphatic heterocycles. The Morgan fingerprint density at radius 1 is 1.27 bits per heavy atom. The van der Waals surface area contributed by atoms with Crippen molar-refractivity contribution in [2.45, 2.75) is 51.0 Å². The maximum Gasteiger partial charge on any atom is 0.225 e. The van der Waals surface area contributed by atoms with Gasteiger partial charge in [-0.2, -0.15) is 0 Å². The van der Waals surface area contributed by atoms with Crippen LogP contribution in [0.1, 0.15) is 38.4 Å². The molecule has 0 spiro atoms. The highest BCUT2D eigenvalue weighted by Gasteiger charge is 2.32. The average molecular weight is 306 g/mol. The summed E-state index contributed by atoms with van der Waals surface area (Å²) in [6.45, 7) is 4.38. The van der Waals surface area contributed by atoms with E-state index < -0.39 is 24.2 Å². The number of carbonyl (C=O) groups excluding carboxylic acids is 1. The largest absolute Gasteiger partial charge is 0.391 e. The molecule has 5 nitrogen and oxygen atoms in total. The SMILES string of the molecule is CC(NC(=O)C(C)C(O)C1CCCN1)C(O)c1ccccc1. The number of benzene rings is 1. The van der Waals surface area contributed by atoms with Gasteiger partial charge in [0.25, 0.3) is 0 Å². The van der Waals surface area contributed by atoms with Crippen LogP contribution in [0.25, 0.3) is 0 Å². The summed E-state index contributed by atoms with van der Waals surface area (Å²) in [4.78, 5) is 12.3. The number of amides is 1. The van der Waals surface area contributed by atoms with E-state index in [-0.39, 0.29) is 11.9 Å². The van der Waals surface area contributed by atoms with E-state index in [4.69, 9.17) is 0 Å². The van der Waals surface area contributed by atoms with E-state index in [9.17, 15) is 15.0 Å². The predicted molar refractivity (Wildman–Crippen MR) is 85.2 cm³/mol. The van der Waals surface area contributed by atoms with Crippen molar-refractivity contribution < 1.29 is 15.0 Å². The molecule has 0 aromatic heterocycles. The summed E-state index contributed by atoms with van der Waals surface area (Å²) >= 11 is 0. The Hall–Kier alpha value is -1.43. The molecule has 22 heavy (non-hydrogen) atoms. The van der Waals surface area contributed by atoms with Crippen LogP contribution in [0.15, 0.2) is 30.3 Å². The van der Waals surface area contributed by atoms with Gasteiger partial charge in [0.1, 0.15) is 0 Å². The van der Waals surface area contributed by atoms with Gasteiger partial charge in [0.2, 0.25) is 5.91 Å². The fraction of sp³-hybridized carbons (Fsp3) is 0.588. The van der Waals surface area contributed by atoms with Gasteiger partial charge in [-0.25, -0.2) is 0 Å². The fourth-order valence-corrected chi connectivity index (χ4v) is 2.88. The number of nitrogens with one attached hydrogen (secondary N) is 2. The first-order chi connectivity index (χ1) is 10.5.